The molecule has 0 radical (unpaired) electrons. The van der Waals surface area contributed by atoms with Crippen molar-refractivity contribution in [2.45, 2.75) is 26.7 Å². The first kappa shape index (κ1) is 19.6. The van der Waals surface area contributed by atoms with Crippen molar-refractivity contribution in [1.29, 1.82) is 0 Å². The van der Waals surface area contributed by atoms with E-state index in [1.54, 1.807) is 23.7 Å². The number of piperidine rings is 1. The maximum Gasteiger partial charge on any atom is 0.228 e. The SMILES string of the molecule is Cc1nc2c(C)cc(-c3cc(F)c4nc(NC(=O)C5CCN(C)CC5)cn4c3)nn2n1. The van der Waals surface area contributed by atoms with E-state index < -0.39 is 5.82 Å². The molecule has 0 spiro atoms. The van der Waals surface area contributed by atoms with Crippen molar-refractivity contribution in [1.82, 2.24) is 34.1 Å². The van der Waals surface area contributed by atoms with E-state index in [1.807, 2.05) is 13.0 Å². The summed E-state index contributed by atoms with van der Waals surface area (Å²) >= 11 is 0. The highest BCUT2D eigenvalue weighted by atomic mass is 19.1. The Kier molecular flexibility index (Phi) is 4.66. The van der Waals surface area contributed by atoms with E-state index in [0.29, 0.717) is 28.5 Å². The number of rotatable bonds is 3. The van der Waals surface area contributed by atoms with Gasteiger partial charge in [-0.3, -0.25) is 4.79 Å². The second-order valence-electron chi connectivity index (χ2n) is 8.19. The molecule has 9 nitrogen and oxygen atoms in total. The molecular formula is C21H23FN8O. The van der Waals surface area contributed by atoms with E-state index in [0.717, 1.165) is 31.5 Å². The monoisotopic (exact) mass is 422 g/mol. The van der Waals surface area contributed by atoms with Crippen LogP contribution in [0.3, 0.4) is 0 Å². The zero-order valence-corrected chi connectivity index (χ0v) is 17.6. The Balaban J connectivity index is 1.45. The molecule has 4 aromatic heterocycles. The van der Waals surface area contributed by atoms with Gasteiger partial charge in [0.25, 0.3) is 0 Å². The average Bonchev–Trinajstić information content (AvgIpc) is 3.31. The van der Waals surface area contributed by atoms with Gasteiger partial charge in [-0.15, -0.1) is 14.8 Å². The average molecular weight is 422 g/mol. The number of amides is 1. The molecule has 5 rings (SSSR count). The van der Waals surface area contributed by atoms with E-state index in [1.165, 1.54) is 10.7 Å². The molecule has 1 aliphatic rings. The summed E-state index contributed by atoms with van der Waals surface area (Å²) < 4.78 is 17.9. The maximum absolute atomic E-state index is 14.8. The first-order valence-electron chi connectivity index (χ1n) is 10.3. The van der Waals surface area contributed by atoms with Crippen molar-refractivity contribution in [2.24, 2.45) is 5.92 Å². The van der Waals surface area contributed by atoms with Crippen molar-refractivity contribution >= 4 is 23.0 Å². The third kappa shape index (κ3) is 3.63. The van der Waals surface area contributed by atoms with Gasteiger partial charge < -0.3 is 14.6 Å². The number of halogens is 1. The summed E-state index contributed by atoms with van der Waals surface area (Å²) in [4.78, 5) is 23.4. The second-order valence-corrected chi connectivity index (χ2v) is 8.19. The lowest BCUT2D eigenvalue weighted by Crippen LogP contribution is -2.35. The molecular weight excluding hydrogens is 399 g/mol. The number of anilines is 1. The molecule has 160 valence electrons. The van der Waals surface area contributed by atoms with Gasteiger partial charge in [-0.25, -0.2) is 14.4 Å². The van der Waals surface area contributed by atoms with Crippen LogP contribution < -0.4 is 5.32 Å². The van der Waals surface area contributed by atoms with Crippen molar-refractivity contribution in [3.05, 3.63) is 41.7 Å². The van der Waals surface area contributed by atoms with E-state index in [4.69, 9.17) is 0 Å². The minimum atomic E-state index is -0.494. The van der Waals surface area contributed by atoms with Gasteiger partial charge in [0.2, 0.25) is 5.91 Å². The number of hydrogen-bond donors (Lipinski definition) is 1. The van der Waals surface area contributed by atoms with Crippen LogP contribution in [0.25, 0.3) is 22.6 Å². The Hall–Kier alpha value is -3.40. The number of aryl methyl sites for hydroxylation is 2. The smallest absolute Gasteiger partial charge is 0.228 e. The maximum atomic E-state index is 14.8. The number of likely N-dealkylation sites (tertiary alicyclic amines) is 1. The number of aromatic nitrogens is 6. The van der Waals surface area contributed by atoms with Crippen LogP contribution in [-0.2, 0) is 4.79 Å². The van der Waals surface area contributed by atoms with Crippen molar-refractivity contribution in [3.8, 4) is 11.3 Å². The summed E-state index contributed by atoms with van der Waals surface area (Å²) in [6.45, 7) is 5.50. The number of pyridine rings is 1. The Morgan fingerprint density at radius 2 is 1.87 bits per heavy atom. The third-order valence-electron chi connectivity index (χ3n) is 5.75. The van der Waals surface area contributed by atoms with Crippen molar-refractivity contribution in [3.63, 3.8) is 0 Å². The minimum absolute atomic E-state index is 0.0496. The number of fused-ring (bicyclic) bond motifs is 2. The lowest BCUT2D eigenvalue weighted by molar-refractivity contribution is -0.121. The molecule has 1 amide bonds. The number of nitrogens with one attached hydrogen (secondary N) is 1. The highest BCUT2D eigenvalue weighted by molar-refractivity contribution is 5.92. The number of nitrogens with zero attached hydrogens (tertiary/aromatic N) is 7. The Morgan fingerprint density at radius 3 is 2.65 bits per heavy atom. The van der Waals surface area contributed by atoms with Crippen LogP contribution in [0.4, 0.5) is 10.2 Å². The summed E-state index contributed by atoms with van der Waals surface area (Å²) in [5.41, 5.74) is 2.86. The molecule has 1 aliphatic heterocycles. The van der Waals surface area contributed by atoms with Gasteiger partial charge in [-0.2, -0.15) is 0 Å². The highest BCUT2D eigenvalue weighted by Crippen LogP contribution is 2.24. The first-order chi connectivity index (χ1) is 14.9. The highest BCUT2D eigenvalue weighted by Gasteiger charge is 2.24. The van der Waals surface area contributed by atoms with Crippen LogP contribution in [0.15, 0.2) is 24.5 Å². The standard InChI is InChI=1S/C21H23FN8O/c1-12-8-17(27-30-19(12)23-13(2)26-30)15-9-16(22)20-24-18(11-29(20)10-15)25-21(31)14-4-6-28(3)7-5-14/h8-11,14H,4-7H2,1-3H3,(H,25,31). The van der Waals surface area contributed by atoms with Crippen LogP contribution in [-0.4, -0.2) is 60.1 Å². The fraction of sp³-hybridized carbons (Fsp3) is 0.381. The summed E-state index contributed by atoms with van der Waals surface area (Å²) in [6.07, 6.45) is 4.99. The van der Waals surface area contributed by atoms with Gasteiger partial charge in [0, 0.05) is 17.7 Å². The summed E-state index contributed by atoms with van der Waals surface area (Å²) in [5.74, 6) is 0.347. The van der Waals surface area contributed by atoms with E-state index in [9.17, 15) is 9.18 Å². The van der Waals surface area contributed by atoms with E-state index >= 15 is 0 Å². The normalized spacial score (nSPS) is 15.7. The molecule has 1 saturated heterocycles. The Morgan fingerprint density at radius 1 is 1.10 bits per heavy atom. The van der Waals surface area contributed by atoms with Crippen LogP contribution in [0.1, 0.15) is 24.2 Å². The Bertz CT molecular complexity index is 1300. The van der Waals surface area contributed by atoms with Crippen LogP contribution in [0, 0.1) is 25.6 Å². The second kappa shape index (κ2) is 7.38. The van der Waals surface area contributed by atoms with Crippen molar-refractivity contribution < 1.29 is 9.18 Å². The molecule has 1 N–H and O–H groups in total. The fourth-order valence-electron chi connectivity index (χ4n) is 4.02. The molecule has 31 heavy (non-hydrogen) atoms. The predicted molar refractivity (Wildman–Crippen MR) is 113 cm³/mol. The van der Waals surface area contributed by atoms with Crippen molar-refractivity contribution in [2.75, 3.05) is 25.5 Å². The number of carbonyl (C=O) groups is 1. The molecule has 0 saturated carbocycles. The molecule has 1 fully saturated rings. The molecule has 0 bridgehead atoms. The van der Waals surface area contributed by atoms with E-state index in [2.05, 4.69) is 37.4 Å². The van der Waals surface area contributed by atoms with Gasteiger partial charge in [0.05, 0.1) is 11.9 Å². The topological polar surface area (TPSA) is 92.7 Å². The minimum Gasteiger partial charge on any atom is -0.309 e. The number of carbonyl (C=O) groups excluding carboxylic acids is 1. The molecule has 0 aliphatic carbocycles. The van der Waals surface area contributed by atoms with Gasteiger partial charge >= 0.3 is 0 Å². The molecule has 0 atom stereocenters. The van der Waals surface area contributed by atoms with Gasteiger partial charge in [-0.1, -0.05) is 0 Å². The zero-order chi connectivity index (χ0) is 21.7. The quantitative estimate of drug-likeness (QED) is 0.545. The van der Waals surface area contributed by atoms with Gasteiger partial charge in [0.15, 0.2) is 22.9 Å². The Labute approximate surface area is 177 Å². The molecule has 0 unspecified atom stereocenters. The largest absolute Gasteiger partial charge is 0.309 e. The molecule has 4 aromatic rings. The zero-order valence-electron chi connectivity index (χ0n) is 17.6. The molecule has 10 heteroatoms. The summed E-state index contributed by atoms with van der Waals surface area (Å²) in [5, 5.41) is 11.6. The summed E-state index contributed by atoms with van der Waals surface area (Å²) in [7, 11) is 2.05. The first-order valence-corrected chi connectivity index (χ1v) is 10.3. The van der Waals surface area contributed by atoms with Crippen LogP contribution >= 0.6 is 0 Å². The fourth-order valence-corrected chi connectivity index (χ4v) is 4.02. The summed E-state index contributed by atoms with van der Waals surface area (Å²) in [6, 6.07) is 3.24. The number of imidazole rings is 1. The van der Waals surface area contributed by atoms with Gasteiger partial charge in [-0.05, 0) is 64.5 Å². The number of hydrogen-bond acceptors (Lipinski definition) is 6. The lowest BCUT2D eigenvalue weighted by atomic mass is 9.96. The van der Waals surface area contributed by atoms with E-state index in [-0.39, 0.29) is 17.5 Å². The van der Waals surface area contributed by atoms with Crippen LogP contribution in [0.5, 0.6) is 0 Å². The third-order valence-corrected chi connectivity index (χ3v) is 5.75. The molecule has 5 heterocycles. The lowest BCUT2D eigenvalue weighted by Gasteiger charge is -2.27. The van der Waals surface area contributed by atoms with Gasteiger partial charge in [0.1, 0.15) is 5.82 Å². The molecule has 0 aromatic carbocycles. The van der Waals surface area contributed by atoms with Crippen LogP contribution in [0.2, 0.25) is 0 Å². The predicted octanol–water partition coefficient (Wildman–Crippen LogP) is 2.48.